The Hall–Kier alpha value is -8.01. The van der Waals surface area contributed by atoms with Crippen LogP contribution in [-0.2, 0) is 54.3 Å². The first kappa shape index (κ1) is 108. The smallest absolute Gasteiger partial charge is 0.252 e. The molecular weight excluding hydrogens is 1830 g/mol. The van der Waals surface area contributed by atoms with Crippen molar-refractivity contribution < 1.29 is 82.9 Å². The van der Waals surface area contributed by atoms with Crippen molar-refractivity contribution in [3.8, 4) is 23.7 Å². The highest BCUT2D eigenvalue weighted by Crippen LogP contribution is 2.75. The van der Waals surface area contributed by atoms with Crippen molar-refractivity contribution in [3.05, 3.63) is 176 Å². The van der Waals surface area contributed by atoms with Crippen LogP contribution in [0.2, 0.25) is 0 Å². The van der Waals surface area contributed by atoms with Crippen LogP contribution in [-0.4, -0.2) is 149 Å². The molecule has 2 aromatic rings. The summed E-state index contributed by atoms with van der Waals surface area (Å²) in [5, 5.41) is 71.6. The molecule has 2 aliphatic heterocycles. The first-order valence-electron chi connectivity index (χ1n) is 56.4. The van der Waals surface area contributed by atoms with E-state index >= 15 is 4.39 Å². The number of halogens is 1. The molecule has 2 heterocycles. The number of hydrogen-bond donors (Lipinski definition) is 7. The number of ketones is 7. The molecule has 0 spiro atoms. The number of alkyl halides is 1. The number of rotatable bonds is 13. The maximum atomic E-state index is 17.1. The van der Waals surface area contributed by atoms with Crippen molar-refractivity contribution in [2.75, 3.05) is 19.8 Å². The Kier molecular flexibility index (Phi) is 29.2. The molecule has 18 heteroatoms. The Morgan fingerprint density at radius 3 is 1.92 bits per heavy atom. The third-order valence-electron chi connectivity index (χ3n) is 44.6. The number of amides is 1. The van der Waals surface area contributed by atoms with E-state index in [2.05, 4.69) is 132 Å². The summed E-state index contributed by atoms with van der Waals surface area (Å²) in [6, 6.07) is 17.7. The summed E-state index contributed by atoms with van der Waals surface area (Å²) < 4.78 is 29.8. The molecule has 0 aromatic heterocycles. The van der Waals surface area contributed by atoms with Crippen LogP contribution in [0.3, 0.4) is 0 Å². The van der Waals surface area contributed by atoms with E-state index in [1.54, 1.807) is 37.6 Å². The molecule has 23 rings (SSSR count). The second-order valence-corrected chi connectivity index (χ2v) is 50.9. The van der Waals surface area contributed by atoms with Crippen LogP contribution in [0.15, 0.2) is 154 Å². The third kappa shape index (κ3) is 16.5. The van der Waals surface area contributed by atoms with Gasteiger partial charge < -0.3 is 45.4 Å². The molecule has 21 aliphatic rings. The molecule has 2 bridgehead atoms. The van der Waals surface area contributed by atoms with Gasteiger partial charge in [-0.1, -0.05) is 207 Å². The van der Waals surface area contributed by atoms with Crippen LogP contribution in [0, 0.1) is 163 Å². The largest absolute Gasteiger partial charge is 0.390 e. The minimum atomic E-state index is -1.94. The van der Waals surface area contributed by atoms with Gasteiger partial charge in [0.05, 0.1) is 37.6 Å². The number of aryl methyl sites for hydroxylation is 2. The van der Waals surface area contributed by atoms with Crippen molar-refractivity contribution >= 4 is 46.4 Å². The summed E-state index contributed by atoms with van der Waals surface area (Å²) in [6.07, 6.45) is 45.9. The monoisotopic (exact) mass is 1990 g/mol. The van der Waals surface area contributed by atoms with Gasteiger partial charge in [-0.25, -0.2) is 4.39 Å². The number of nitrogens with one attached hydrogen (secondary N) is 1. The summed E-state index contributed by atoms with van der Waals surface area (Å²) in [7, 11) is 0. The first-order valence-corrected chi connectivity index (χ1v) is 56.4. The topological polar surface area (TPSA) is 288 Å². The normalized spacial score (nSPS) is 44.0. The Morgan fingerprint density at radius 1 is 0.541 bits per heavy atom. The van der Waals surface area contributed by atoms with Gasteiger partial charge in [-0.2, -0.15) is 0 Å². The number of aliphatic hydroxyl groups is 6. The fourth-order valence-electron chi connectivity index (χ4n) is 36.6. The van der Waals surface area contributed by atoms with Gasteiger partial charge in [0.15, 0.2) is 51.6 Å². The SMILES string of the molecule is C.CC#C[C@]1(O)CCC2C3CCC4=CC(=O)CCC4(Cc4ccc(C)cc4)C3=CC[C@@]21C.CC#C[C@]1(O)[C@H](O)CC2C3CCC4=CC(=O)CCC4=C3[C@@H](c3ccc(C)cc3)C[C@@]21C.CCC(=O)[C@@]1(O)CCC2C3CCC4=CC(=O)C=C[C@]4(C)C3OC[C@@]21C.CCC(=O)[C@H]1CCC2C3CC4OC[C@@]5(CCC(=O)C=C45)C3CC[C@@]21C.CCCCCCNC(=O)[C@@]1(O)[C@H](C)CC2[C@@H]3CCC4=CC(=O)C=C[C@]4(C)[C@@]3(F)[C@@H](O)C[C@@]21C. The minimum absolute atomic E-state index is 0. The Bertz CT molecular complexity index is 5970. The maximum Gasteiger partial charge on any atom is 0.252 e. The van der Waals surface area contributed by atoms with E-state index in [-0.39, 0.29) is 118 Å². The van der Waals surface area contributed by atoms with E-state index in [0.717, 1.165) is 147 Å². The average Bonchev–Trinajstić information content (AvgIpc) is 1.70. The molecule has 146 heavy (non-hydrogen) atoms. The van der Waals surface area contributed by atoms with Gasteiger partial charge in [-0.3, -0.25) is 38.4 Å². The molecule has 14 fully saturated rings. The predicted octanol–water partition coefficient (Wildman–Crippen LogP) is 22.1. The standard InChI is InChI=1S/C29H34O2.C28H32O3.C27H40FNO4.C22H30O3.C21H28O4.CH4/c1-4-14-29(31)17-13-25-24-10-9-22-18-23(30)11-16-28(22,26(24)12-15-27(25,29)3)19-21-7-5-20(2)6-8-21;1-4-13-28(31)25(30)15-24-22-11-9-19-14-20(29)10-12-21(19)26(22)23(16-27(24,28)3)18-7-5-17(2)6-8-18;1-5-6-7-8-13-29-23(32)27(33)17(2)14-21-20-10-9-18-15-19(30)11-12-24(18,3)26(20,28)22(31)16-25(21,27)4;1-3-19(24)17-5-4-15-14-11-20-18-10-13(23)6-9-22(18,12-25-20)16(14)7-8-21(15,17)2;1-4-17(23)21(24)10-8-16-15-6-5-13-11-14(22)7-9-19(13,2)18(15)25-12-20(16,21)3;/h5-8,12,18,24-25,31H,9-11,13,15-17,19H2,1-3H3;5-8,14,22-25,30-31H,9-12,15-16H2,1-3H3;11-12,15,17,20-22,31,33H,5-10,13-14,16H2,1-4H3,(H,29,32);10,14-17,20H,3-9,11-12H2,1-2H3;7,9,11,15-16,18,24H,4-6,8,10,12H2,1-3H3;1H4/t24?,25?,27-,28?,29-;22?,23-,24?,25-,27+,28+;17-,20+,21?,22+,24+,25+,26+,27+;14?,15?,16?,17-,20?,21+,22+;15?,16?,18?,19-,20-,21-;/m01110./s1. The quantitative estimate of drug-likeness (QED) is 0.0557. The van der Waals surface area contributed by atoms with Crippen LogP contribution in [0.5, 0.6) is 0 Å². The van der Waals surface area contributed by atoms with Gasteiger partial charge in [0, 0.05) is 99.7 Å². The third-order valence-corrected chi connectivity index (χ3v) is 44.6. The zero-order chi connectivity index (χ0) is 103. The van der Waals surface area contributed by atoms with E-state index in [1.807, 2.05) is 65.8 Å². The number of carbonyl (C=O) groups excluding carboxylic acids is 8. The van der Waals surface area contributed by atoms with Crippen LogP contribution in [0.4, 0.5) is 4.39 Å². The molecule has 2 saturated heterocycles. The van der Waals surface area contributed by atoms with Crippen molar-refractivity contribution in [2.45, 2.75) is 394 Å². The number of hydrogen-bond acceptors (Lipinski definition) is 16. The number of benzene rings is 2. The van der Waals surface area contributed by atoms with Gasteiger partial charge >= 0.3 is 0 Å². The van der Waals surface area contributed by atoms with E-state index in [0.29, 0.717) is 136 Å². The number of unbranched alkanes of at least 4 members (excludes halogenated alkanes) is 3. The Labute approximate surface area is 869 Å². The fourth-order valence-corrected chi connectivity index (χ4v) is 36.6. The molecule has 13 unspecified atom stereocenters. The molecule has 0 radical (unpaired) electrons. The van der Waals surface area contributed by atoms with Crippen molar-refractivity contribution in [3.63, 3.8) is 0 Å². The molecule has 32 atom stereocenters. The van der Waals surface area contributed by atoms with E-state index in [9.17, 15) is 69.0 Å². The summed E-state index contributed by atoms with van der Waals surface area (Å²) in [5.74, 6) is 16.4. The van der Waals surface area contributed by atoms with Crippen molar-refractivity contribution in [2.24, 2.45) is 126 Å². The summed E-state index contributed by atoms with van der Waals surface area (Å²) in [5.41, 5.74) is 5.22. The lowest BCUT2D eigenvalue weighted by Gasteiger charge is -2.62. The van der Waals surface area contributed by atoms with E-state index < -0.39 is 67.9 Å². The maximum absolute atomic E-state index is 17.1. The van der Waals surface area contributed by atoms with Gasteiger partial charge in [0.2, 0.25) is 0 Å². The molecule has 12 saturated carbocycles. The molecule has 1 amide bonds. The lowest BCUT2D eigenvalue weighted by Crippen LogP contribution is -2.70. The number of fused-ring (bicyclic) bond motifs is 22. The highest BCUT2D eigenvalue weighted by atomic mass is 19.1. The lowest BCUT2D eigenvalue weighted by atomic mass is 9.44. The summed E-state index contributed by atoms with van der Waals surface area (Å²) in [4.78, 5) is 98.7. The fraction of sp³-hybridized carbons (Fsp3) is 0.672. The number of allylic oxidation sites excluding steroid dienone is 14. The highest BCUT2D eigenvalue weighted by Gasteiger charge is 2.77. The average molecular weight is 2000 g/mol. The van der Waals surface area contributed by atoms with Crippen LogP contribution >= 0.6 is 0 Å². The molecular formula is C128H168FNO16. The zero-order valence-electron chi connectivity index (χ0n) is 89.3. The van der Waals surface area contributed by atoms with E-state index in [4.69, 9.17) is 9.47 Å². The number of aliphatic hydroxyl groups excluding tert-OH is 2. The summed E-state index contributed by atoms with van der Waals surface area (Å²) in [6.45, 7) is 32.1. The highest BCUT2D eigenvalue weighted by molar-refractivity contribution is 6.02. The van der Waals surface area contributed by atoms with Crippen LogP contribution in [0.25, 0.3) is 0 Å². The number of Topliss-reactive ketones (excluding diaryl/α,β-unsaturated/α-hetero) is 2. The van der Waals surface area contributed by atoms with Crippen LogP contribution < -0.4 is 5.32 Å². The van der Waals surface area contributed by atoms with Crippen LogP contribution in [0.1, 0.15) is 344 Å². The molecule has 17 nitrogen and oxygen atoms in total. The second-order valence-electron chi connectivity index (χ2n) is 50.9. The predicted molar refractivity (Wildman–Crippen MR) is 566 cm³/mol. The Morgan fingerprint density at radius 2 is 1.21 bits per heavy atom. The van der Waals surface area contributed by atoms with Crippen molar-refractivity contribution in [1.82, 2.24) is 5.32 Å². The zero-order valence-corrected chi connectivity index (χ0v) is 89.3. The molecule has 7 N–H and O–H groups in total. The Balaban J connectivity index is 0.000000120. The lowest BCUT2D eigenvalue weighted by molar-refractivity contribution is -0.219. The first-order chi connectivity index (χ1) is 68.8. The second kappa shape index (κ2) is 39.6. The summed E-state index contributed by atoms with van der Waals surface area (Å²) >= 11 is 0. The van der Waals surface area contributed by atoms with Gasteiger partial charge in [-0.05, 0) is 356 Å². The number of carbonyl (C=O) groups is 8. The van der Waals surface area contributed by atoms with E-state index in [1.165, 1.54) is 87.1 Å². The van der Waals surface area contributed by atoms with Gasteiger partial charge in [0.25, 0.3) is 5.91 Å². The van der Waals surface area contributed by atoms with Gasteiger partial charge in [0.1, 0.15) is 17.0 Å². The minimum Gasteiger partial charge on any atom is -0.390 e. The number of ether oxygens (including phenoxy) is 2. The van der Waals surface area contributed by atoms with Gasteiger partial charge in [-0.15, -0.1) is 11.8 Å². The molecule has 19 aliphatic carbocycles. The van der Waals surface area contributed by atoms with Crippen molar-refractivity contribution in [1.29, 1.82) is 0 Å². The molecule has 2 aromatic carbocycles. The molecule has 788 valence electrons.